The Balaban J connectivity index is 0.000000509. The van der Waals surface area contributed by atoms with Gasteiger partial charge in [-0.05, 0) is 38.0 Å². The summed E-state index contributed by atoms with van der Waals surface area (Å²) < 4.78 is 0. The summed E-state index contributed by atoms with van der Waals surface area (Å²) in [6.07, 6.45) is 0. The fraction of sp³-hybridized carbons (Fsp3) is 0.500. The molecule has 2 nitrogen and oxygen atoms in total. The minimum atomic E-state index is 0.985. The lowest BCUT2D eigenvalue weighted by atomic mass is 10.1. The molecule has 0 saturated heterocycles. The summed E-state index contributed by atoms with van der Waals surface area (Å²) in [5.41, 5.74) is 4.76. The number of rotatable bonds is 0. The van der Waals surface area contributed by atoms with Crippen molar-refractivity contribution in [2.24, 2.45) is 0 Å². The zero-order chi connectivity index (χ0) is 12.7. The molecule has 0 saturated carbocycles. The monoisotopic (exact) mass is 220 g/mol. The molecule has 1 aromatic heterocycles. The van der Waals surface area contributed by atoms with E-state index in [1.54, 1.807) is 0 Å². The Morgan fingerprint density at radius 2 is 1.50 bits per heavy atom. The number of hydrogen-bond donors (Lipinski definition) is 1. The lowest BCUT2D eigenvalue weighted by molar-refractivity contribution is 1.17. The summed E-state index contributed by atoms with van der Waals surface area (Å²) in [6.45, 7) is 14.2. The van der Waals surface area contributed by atoms with Crippen LogP contribution in [0.25, 0.3) is 11.0 Å². The maximum Gasteiger partial charge on any atom is 0.104 e. The smallest absolute Gasteiger partial charge is 0.104 e. The molecule has 0 fully saturated rings. The number of H-pyrrole nitrogens is 1. The summed E-state index contributed by atoms with van der Waals surface area (Å²) >= 11 is 0. The average Bonchev–Trinajstić information content (AvgIpc) is 2.65. The van der Waals surface area contributed by atoms with Gasteiger partial charge in [-0.25, -0.2) is 4.98 Å². The lowest BCUT2D eigenvalue weighted by Crippen LogP contribution is -1.79. The van der Waals surface area contributed by atoms with Crippen LogP contribution in [0.2, 0.25) is 0 Å². The van der Waals surface area contributed by atoms with Crippen LogP contribution in [0.4, 0.5) is 0 Å². The second kappa shape index (κ2) is 7.04. The highest BCUT2D eigenvalue weighted by Gasteiger charge is 2.02. The molecule has 2 heteroatoms. The molecular weight excluding hydrogens is 196 g/mol. The highest BCUT2D eigenvalue weighted by atomic mass is 14.9. The van der Waals surface area contributed by atoms with Gasteiger partial charge < -0.3 is 4.98 Å². The standard InChI is InChI=1S/C10H12N2.2C2H6/c1-6-4-7(2)10-9(5-6)11-8(3)12-10;2*1-2/h4-5H,1-3H3,(H,11,12);2*1-2H3. The van der Waals surface area contributed by atoms with Crippen LogP contribution in [0.5, 0.6) is 0 Å². The molecule has 0 aliphatic heterocycles. The molecule has 0 amide bonds. The van der Waals surface area contributed by atoms with E-state index in [1.807, 2.05) is 34.6 Å². The molecule has 2 rings (SSSR count). The highest BCUT2D eigenvalue weighted by molar-refractivity contribution is 5.79. The van der Waals surface area contributed by atoms with Crippen molar-refractivity contribution in [2.75, 3.05) is 0 Å². The Morgan fingerprint density at radius 1 is 0.938 bits per heavy atom. The topological polar surface area (TPSA) is 28.7 Å². The van der Waals surface area contributed by atoms with Gasteiger partial charge in [0.2, 0.25) is 0 Å². The van der Waals surface area contributed by atoms with Crippen LogP contribution in [0.15, 0.2) is 12.1 Å². The van der Waals surface area contributed by atoms with Crippen LogP contribution < -0.4 is 0 Å². The molecule has 0 bridgehead atoms. The molecular formula is C14H24N2. The SMILES string of the molecule is CC.CC.Cc1cc(C)c2nc(C)[nH]c2c1. The minimum Gasteiger partial charge on any atom is -0.342 e. The van der Waals surface area contributed by atoms with Crippen molar-refractivity contribution in [3.63, 3.8) is 0 Å². The van der Waals surface area contributed by atoms with Crippen molar-refractivity contribution in [1.82, 2.24) is 9.97 Å². The van der Waals surface area contributed by atoms with Gasteiger partial charge in [0.25, 0.3) is 0 Å². The number of imidazole rings is 1. The van der Waals surface area contributed by atoms with Crippen molar-refractivity contribution in [3.05, 3.63) is 29.1 Å². The van der Waals surface area contributed by atoms with Crippen molar-refractivity contribution < 1.29 is 0 Å². The number of nitrogens with one attached hydrogen (secondary N) is 1. The molecule has 0 radical (unpaired) electrons. The van der Waals surface area contributed by atoms with E-state index in [0.29, 0.717) is 0 Å². The van der Waals surface area contributed by atoms with Gasteiger partial charge in [-0.1, -0.05) is 33.8 Å². The predicted octanol–water partition coefficient (Wildman–Crippen LogP) is 4.54. The first-order valence-corrected chi connectivity index (χ1v) is 6.10. The number of aromatic nitrogens is 2. The maximum absolute atomic E-state index is 4.40. The van der Waals surface area contributed by atoms with E-state index < -0.39 is 0 Å². The molecule has 1 heterocycles. The molecule has 16 heavy (non-hydrogen) atoms. The van der Waals surface area contributed by atoms with Crippen LogP contribution in [-0.2, 0) is 0 Å². The third-order valence-corrected chi connectivity index (χ3v) is 2.04. The van der Waals surface area contributed by atoms with Gasteiger partial charge in [-0.2, -0.15) is 0 Å². The first-order valence-electron chi connectivity index (χ1n) is 6.10. The third-order valence-electron chi connectivity index (χ3n) is 2.04. The average molecular weight is 220 g/mol. The number of benzene rings is 1. The molecule has 0 spiro atoms. The summed E-state index contributed by atoms with van der Waals surface area (Å²) in [5, 5.41) is 0. The first kappa shape index (κ1) is 14.7. The van der Waals surface area contributed by atoms with E-state index >= 15 is 0 Å². The van der Waals surface area contributed by atoms with E-state index in [4.69, 9.17) is 0 Å². The van der Waals surface area contributed by atoms with E-state index in [1.165, 1.54) is 11.1 Å². The van der Waals surface area contributed by atoms with Crippen molar-refractivity contribution in [1.29, 1.82) is 0 Å². The number of hydrogen-bond acceptors (Lipinski definition) is 1. The molecule has 1 aromatic carbocycles. The van der Waals surface area contributed by atoms with Crippen LogP contribution in [-0.4, -0.2) is 9.97 Å². The summed E-state index contributed by atoms with van der Waals surface area (Å²) in [5.74, 6) is 0.985. The van der Waals surface area contributed by atoms with Crippen molar-refractivity contribution >= 4 is 11.0 Å². The predicted molar refractivity (Wildman–Crippen MR) is 73.0 cm³/mol. The van der Waals surface area contributed by atoms with Crippen LogP contribution in [0.3, 0.4) is 0 Å². The van der Waals surface area contributed by atoms with Crippen LogP contribution in [0.1, 0.15) is 44.6 Å². The lowest BCUT2D eigenvalue weighted by Gasteiger charge is -1.96. The number of nitrogens with zero attached hydrogens (tertiary/aromatic N) is 1. The van der Waals surface area contributed by atoms with Crippen molar-refractivity contribution in [2.45, 2.75) is 48.5 Å². The van der Waals surface area contributed by atoms with E-state index in [-0.39, 0.29) is 0 Å². The fourth-order valence-corrected chi connectivity index (χ4v) is 1.59. The van der Waals surface area contributed by atoms with Gasteiger partial charge >= 0.3 is 0 Å². The summed E-state index contributed by atoms with van der Waals surface area (Å²) in [7, 11) is 0. The van der Waals surface area contributed by atoms with Crippen molar-refractivity contribution in [3.8, 4) is 0 Å². The fourth-order valence-electron chi connectivity index (χ4n) is 1.59. The third kappa shape index (κ3) is 3.37. The normalized spacial score (nSPS) is 8.94. The molecule has 90 valence electrons. The Bertz CT molecular complexity index is 427. The van der Waals surface area contributed by atoms with Gasteiger partial charge in [-0.3, -0.25) is 0 Å². The quantitative estimate of drug-likeness (QED) is 0.693. The Hall–Kier alpha value is -1.31. The van der Waals surface area contributed by atoms with E-state index in [0.717, 1.165) is 16.9 Å². The summed E-state index contributed by atoms with van der Waals surface area (Å²) in [6, 6.07) is 4.28. The number of aromatic amines is 1. The molecule has 1 N–H and O–H groups in total. The minimum absolute atomic E-state index is 0.985. The number of aryl methyl sites for hydroxylation is 3. The number of fused-ring (bicyclic) bond motifs is 1. The molecule has 0 aliphatic carbocycles. The van der Waals surface area contributed by atoms with Crippen LogP contribution >= 0.6 is 0 Å². The van der Waals surface area contributed by atoms with E-state index in [9.17, 15) is 0 Å². The maximum atomic E-state index is 4.40. The first-order chi connectivity index (χ1) is 7.66. The molecule has 0 aliphatic rings. The van der Waals surface area contributed by atoms with Gasteiger partial charge in [0, 0.05) is 0 Å². The zero-order valence-electron chi connectivity index (χ0n) is 11.6. The van der Waals surface area contributed by atoms with Gasteiger partial charge in [0.15, 0.2) is 0 Å². The van der Waals surface area contributed by atoms with Gasteiger partial charge in [-0.15, -0.1) is 0 Å². The Morgan fingerprint density at radius 3 is 2.06 bits per heavy atom. The molecule has 0 atom stereocenters. The molecule has 2 aromatic rings. The zero-order valence-corrected chi connectivity index (χ0v) is 11.6. The second-order valence-corrected chi connectivity index (χ2v) is 3.30. The van der Waals surface area contributed by atoms with Crippen LogP contribution in [0, 0.1) is 20.8 Å². The van der Waals surface area contributed by atoms with E-state index in [2.05, 4.69) is 35.9 Å². The Kier molecular flexibility index (Phi) is 6.47. The highest BCUT2D eigenvalue weighted by Crippen LogP contribution is 2.17. The molecule has 0 unspecified atom stereocenters. The van der Waals surface area contributed by atoms with Gasteiger partial charge in [0.1, 0.15) is 5.82 Å². The Labute approximate surface area is 99.1 Å². The largest absolute Gasteiger partial charge is 0.342 e. The van der Waals surface area contributed by atoms with Gasteiger partial charge in [0.05, 0.1) is 11.0 Å². The second-order valence-electron chi connectivity index (χ2n) is 3.30. The summed E-state index contributed by atoms with van der Waals surface area (Å²) in [4.78, 5) is 7.63.